The van der Waals surface area contributed by atoms with Crippen LogP contribution in [0.3, 0.4) is 0 Å². The number of nitrogen functional groups attached to an aromatic ring is 1. The van der Waals surface area contributed by atoms with E-state index in [-0.39, 0.29) is 5.41 Å². The van der Waals surface area contributed by atoms with Gasteiger partial charge in [0.25, 0.3) is 0 Å². The summed E-state index contributed by atoms with van der Waals surface area (Å²) >= 11 is 0. The molecule has 2 rings (SSSR count). The molecule has 0 saturated heterocycles. The maximum absolute atomic E-state index is 9.05. The Hall–Kier alpha value is -1.69. The fourth-order valence-electron chi connectivity index (χ4n) is 2.73. The van der Waals surface area contributed by atoms with E-state index in [2.05, 4.69) is 17.0 Å². The quantitative estimate of drug-likeness (QED) is 0.842. The molecule has 0 atom stereocenters. The van der Waals surface area contributed by atoms with E-state index in [1.54, 1.807) is 0 Å². The minimum Gasteiger partial charge on any atom is -0.398 e. The minimum atomic E-state index is -0.214. The summed E-state index contributed by atoms with van der Waals surface area (Å²) in [5.74, 6) is 0. The second-order valence-corrected chi connectivity index (χ2v) is 6.03. The topological polar surface area (TPSA) is 53.0 Å². The molecule has 1 aliphatic heterocycles. The number of nitrogens with two attached hydrogens (primary N) is 1. The van der Waals surface area contributed by atoms with Crippen LogP contribution in [-0.4, -0.2) is 13.1 Å². The van der Waals surface area contributed by atoms with Crippen molar-refractivity contribution in [3.8, 4) is 6.07 Å². The second-order valence-electron chi connectivity index (χ2n) is 6.03. The lowest BCUT2D eigenvalue weighted by atomic mass is 9.89. The molecule has 1 aliphatic rings. The van der Waals surface area contributed by atoms with Crippen molar-refractivity contribution >= 4 is 11.4 Å². The molecule has 0 amide bonds. The van der Waals surface area contributed by atoms with Crippen LogP contribution in [0.4, 0.5) is 11.4 Å². The Morgan fingerprint density at radius 3 is 2.95 bits per heavy atom. The van der Waals surface area contributed by atoms with Gasteiger partial charge in [0.2, 0.25) is 0 Å². The summed E-state index contributed by atoms with van der Waals surface area (Å²) in [6.07, 6.45) is 4.25. The zero-order valence-corrected chi connectivity index (χ0v) is 11.9. The summed E-state index contributed by atoms with van der Waals surface area (Å²) in [7, 11) is 0. The maximum atomic E-state index is 9.05. The van der Waals surface area contributed by atoms with E-state index in [0.29, 0.717) is 0 Å². The second kappa shape index (κ2) is 5.52. The van der Waals surface area contributed by atoms with Crippen LogP contribution < -0.4 is 10.6 Å². The Labute approximate surface area is 116 Å². The standard InChI is InChI=1S/C16H23N3/c1-16(2,12-17)9-5-11-19-10-4-6-13-14(18)7-3-8-15(13)19/h3,7-8H,4-6,9-11,18H2,1-2H3. The molecule has 19 heavy (non-hydrogen) atoms. The van der Waals surface area contributed by atoms with E-state index in [1.807, 2.05) is 26.0 Å². The van der Waals surface area contributed by atoms with Crippen molar-refractivity contribution in [1.29, 1.82) is 5.26 Å². The van der Waals surface area contributed by atoms with Crippen molar-refractivity contribution in [2.75, 3.05) is 23.7 Å². The molecule has 1 heterocycles. The van der Waals surface area contributed by atoms with Gasteiger partial charge < -0.3 is 10.6 Å². The summed E-state index contributed by atoms with van der Waals surface area (Å²) in [4.78, 5) is 2.42. The fourth-order valence-corrected chi connectivity index (χ4v) is 2.73. The lowest BCUT2D eigenvalue weighted by molar-refractivity contribution is 0.433. The van der Waals surface area contributed by atoms with Gasteiger partial charge in [-0.15, -0.1) is 0 Å². The molecule has 1 aromatic rings. The van der Waals surface area contributed by atoms with E-state index < -0.39 is 0 Å². The smallest absolute Gasteiger partial charge is 0.0683 e. The summed E-state index contributed by atoms with van der Waals surface area (Å²) in [6.45, 7) is 6.13. The first-order valence-corrected chi connectivity index (χ1v) is 7.07. The average Bonchev–Trinajstić information content (AvgIpc) is 2.40. The number of anilines is 2. The molecule has 3 heteroatoms. The number of rotatable bonds is 4. The minimum absolute atomic E-state index is 0.214. The summed E-state index contributed by atoms with van der Waals surface area (Å²) in [5.41, 5.74) is 9.35. The predicted molar refractivity (Wildman–Crippen MR) is 80.0 cm³/mol. The van der Waals surface area contributed by atoms with Crippen molar-refractivity contribution in [2.24, 2.45) is 5.41 Å². The Balaban J connectivity index is 2.01. The Kier molecular flexibility index (Phi) is 3.99. The Morgan fingerprint density at radius 1 is 1.42 bits per heavy atom. The maximum Gasteiger partial charge on any atom is 0.0683 e. The molecule has 102 valence electrons. The van der Waals surface area contributed by atoms with Crippen LogP contribution in [0.25, 0.3) is 0 Å². The molecule has 0 spiro atoms. The summed E-state index contributed by atoms with van der Waals surface area (Å²) in [5, 5.41) is 9.05. The van der Waals surface area contributed by atoms with Crippen LogP contribution in [0.15, 0.2) is 18.2 Å². The first-order chi connectivity index (χ1) is 9.03. The lowest BCUT2D eigenvalue weighted by Gasteiger charge is -2.32. The van der Waals surface area contributed by atoms with Crippen LogP contribution in [0.2, 0.25) is 0 Å². The van der Waals surface area contributed by atoms with Gasteiger partial charge in [-0.1, -0.05) is 6.07 Å². The van der Waals surface area contributed by atoms with Crippen molar-refractivity contribution in [1.82, 2.24) is 0 Å². The number of fused-ring (bicyclic) bond motifs is 1. The summed E-state index contributed by atoms with van der Waals surface area (Å²) in [6, 6.07) is 8.56. The van der Waals surface area contributed by atoms with Crippen LogP contribution in [-0.2, 0) is 6.42 Å². The van der Waals surface area contributed by atoms with Gasteiger partial charge in [0.05, 0.1) is 11.5 Å². The Bertz CT molecular complexity index is 485. The highest BCUT2D eigenvalue weighted by molar-refractivity contribution is 5.66. The normalized spacial score (nSPS) is 14.9. The molecular formula is C16H23N3. The van der Waals surface area contributed by atoms with Gasteiger partial charge in [0, 0.05) is 24.5 Å². The third kappa shape index (κ3) is 3.20. The Morgan fingerprint density at radius 2 is 2.21 bits per heavy atom. The third-order valence-electron chi connectivity index (χ3n) is 3.92. The SMILES string of the molecule is CC(C)(C#N)CCCN1CCCc2c(N)cccc21. The molecule has 0 saturated carbocycles. The molecule has 0 aliphatic carbocycles. The molecule has 0 aromatic heterocycles. The highest BCUT2D eigenvalue weighted by atomic mass is 15.1. The first-order valence-electron chi connectivity index (χ1n) is 7.07. The van der Waals surface area contributed by atoms with Gasteiger partial charge in [-0.25, -0.2) is 0 Å². The van der Waals surface area contributed by atoms with Gasteiger partial charge >= 0.3 is 0 Å². The molecule has 3 nitrogen and oxygen atoms in total. The van der Waals surface area contributed by atoms with Crippen molar-refractivity contribution in [2.45, 2.75) is 39.5 Å². The highest BCUT2D eigenvalue weighted by Gasteiger charge is 2.20. The van der Waals surface area contributed by atoms with E-state index in [4.69, 9.17) is 11.0 Å². The number of nitriles is 1. The molecule has 0 fully saturated rings. The van der Waals surface area contributed by atoms with Crippen LogP contribution >= 0.6 is 0 Å². The molecule has 0 radical (unpaired) electrons. The highest BCUT2D eigenvalue weighted by Crippen LogP contribution is 2.32. The predicted octanol–water partition coefficient (Wildman–Crippen LogP) is 3.35. The van der Waals surface area contributed by atoms with Crippen molar-refractivity contribution < 1.29 is 0 Å². The van der Waals surface area contributed by atoms with Gasteiger partial charge in [-0.2, -0.15) is 5.26 Å². The van der Waals surface area contributed by atoms with Crippen molar-refractivity contribution in [3.05, 3.63) is 23.8 Å². The van der Waals surface area contributed by atoms with Gasteiger partial charge in [-0.3, -0.25) is 0 Å². The van der Waals surface area contributed by atoms with E-state index in [1.165, 1.54) is 17.7 Å². The fraction of sp³-hybridized carbons (Fsp3) is 0.562. The molecule has 2 N–H and O–H groups in total. The summed E-state index contributed by atoms with van der Waals surface area (Å²) < 4.78 is 0. The number of hydrogen-bond acceptors (Lipinski definition) is 3. The van der Waals surface area contributed by atoms with Gasteiger partial charge in [0.1, 0.15) is 0 Å². The molecule has 0 bridgehead atoms. The zero-order chi connectivity index (χ0) is 13.9. The number of hydrogen-bond donors (Lipinski definition) is 1. The monoisotopic (exact) mass is 257 g/mol. The van der Waals surface area contributed by atoms with Crippen molar-refractivity contribution in [3.63, 3.8) is 0 Å². The molecule has 0 unspecified atom stereocenters. The average molecular weight is 257 g/mol. The molecular weight excluding hydrogens is 234 g/mol. The van der Waals surface area contributed by atoms with Crippen LogP contribution in [0.5, 0.6) is 0 Å². The van der Waals surface area contributed by atoms with Crippen LogP contribution in [0.1, 0.15) is 38.7 Å². The van der Waals surface area contributed by atoms with E-state index in [0.717, 1.165) is 38.0 Å². The zero-order valence-electron chi connectivity index (χ0n) is 11.9. The lowest BCUT2D eigenvalue weighted by Crippen LogP contribution is -2.31. The largest absolute Gasteiger partial charge is 0.398 e. The third-order valence-corrected chi connectivity index (χ3v) is 3.92. The first kappa shape index (κ1) is 13.7. The number of nitrogens with zero attached hydrogens (tertiary/aromatic N) is 2. The van der Waals surface area contributed by atoms with Crippen LogP contribution in [0, 0.1) is 16.7 Å². The van der Waals surface area contributed by atoms with E-state index in [9.17, 15) is 0 Å². The van der Waals surface area contributed by atoms with Gasteiger partial charge in [-0.05, 0) is 57.2 Å². The van der Waals surface area contributed by atoms with Gasteiger partial charge in [0.15, 0.2) is 0 Å². The van der Waals surface area contributed by atoms with E-state index >= 15 is 0 Å². The number of benzene rings is 1. The molecule has 1 aromatic carbocycles.